The number of carbonyl (C=O) groups excluding carboxylic acids is 1. The van der Waals surface area contributed by atoms with Crippen LogP contribution in [0.2, 0.25) is 0 Å². The fourth-order valence-electron chi connectivity index (χ4n) is 2.90. The first-order valence-electron chi connectivity index (χ1n) is 7.99. The van der Waals surface area contributed by atoms with Crippen molar-refractivity contribution in [3.05, 3.63) is 40.7 Å². The molecule has 0 radical (unpaired) electrons. The molecule has 0 fully saturated rings. The van der Waals surface area contributed by atoms with Crippen molar-refractivity contribution in [3.63, 3.8) is 0 Å². The minimum absolute atomic E-state index is 0.0306. The Balaban J connectivity index is 1.72. The zero-order valence-electron chi connectivity index (χ0n) is 14.0. The summed E-state index contributed by atoms with van der Waals surface area (Å²) in [5.74, 6) is -2.14. The summed E-state index contributed by atoms with van der Waals surface area (Å²) in [5.41, 5.74) is 7.50. The van der Waals surface area contributed by atoms with Gasteiger partial charge in [-0.25, -0.2) is 9.48 Å². The molecule has 1 aromatic heterocycles. The predicted octanol–water partition coefficient (Wildman–Crippen LogP) is -1.12. The van der Waals surface area contributed by atoms with Gasteiger partial charge in [0.2, 0.25) is 5.91 Å². The van der Waals surface area contributed by atoms with E-state index < -0.39 is 24.9 Å². The average molecular weight is 359 g/mol. The quantitative estimate of drug-likeness (QED) is 0.490. The van der Waals surface area contributed by atoms with E-state index in [9.17, 15) is 19.7 Å². The molecule has 0 saturated heterocycles. The summed E-state index contributed by atoms with van der Waals surface area (Å²) in [4.78, 5) is 23.5. The first kappa shape index (κ1) is 17.9. The van der Waals surface area contributed by atoms with E-state index >= 15 is 0 Å². The summed E-state index contributed by atoms with van der Waals surface area (Å²) in [6.45, 7) is 1.85. The molecule has 136 valence electrons. The molecule has 1 aliphatic heterocycles. The molecule has 1 atom stereocenters. The maximum Gasteiger partial charge on any atom is 0.547 e. The summed E-state index contributed by atoms with van der Waals surface area (Å²) < 4.78 is 6.74. The summed E-state index contributed by atoms with van der Waals surface area (Å²) in [7, 11) is -1.36. The number of carboxylic acids is 1. The van der Waals surface area contributed by atoms with E-state index in [0.717, 1.165) is 0 Å². The summed E-state index contributed by atoms with van der Waals surface area (Å²) >= 11 is 0. The number of hydrogen-bond donors (Lipinski definition) is 4. The lowest BCUT2D eigenvalue weighted by atomic mass is 9.72. The van der Waals surface area contributed by atoms with E-state index in [1.165, 1.54) is 10.7 Å². The molecule has 2 heterocycles. The second-order valence-corrected chi connectivity index (χ2v) is 5.97. The molecule has 2 aromatic rings. The summed E-state index contributed by atoms with van der Waals surface area (Å²) in [5, 5.41) is 29.8. The van der Waals surface area contributed by atoms with Crippen molar-refractivity contribution in [3.8, 4) is 5.75 Å². The van der Waals surface area contributed by atoms with E-state index in [1.54, 1.807) is 19.1 Å². The van der Waals surface area contributed by atoms with Gasteiger partial charge in [-0.3, -0.25) is 4.79 Å². The highest BCUT2D eigenvalue weighted by Gasteiger charge is 2.37. The Morgan fingerprint density at radius 1 is 1.50 bits per heavy atom. The molecule has 5 N–H and O–H groups in total. The van der Waals surface area contributed by atoms with Crippen molar-refractivity contribution in [2.75, 3.05) is 0 Å². The fourth-order valence-corrected chi connectivity index (χ4v) is 2.90. The molecule has 0 saturated carbocycles. The summed E-state index contributed by atoms with van der Waals surface area (Å²) in [6, 6.07) is 4.68. The van der Waals surface area contributed by atoms with E-state index in [1.807, 2.05) is 0 Å². The minimum Gasteiger partial charge on any atom is -0.534 e. The van der Waals surface area contributed by atoms with Gasteiger partial charge in [0, 0.05) is 6.54 Å². The Kier molecular flexibility index (Phi) is 4.91. The molecule has 3 rings (SSSR count). The average Bonchev–Trinajstić information content (AvgIpc) is 2.94. The highest BCUT2D eigenvalue weighted by atomic mass is 16.5. The van der Waals surface area contributed by atoms with Crippen molar-refractivity contribution < 1.29 is 24.4 Å². The van der Waals surface area contributed by atoms with E-state index in [2.05, 4.69) is 15.6 Å². The fraction of sp³-hybridized carbons (Fsp3) is 0.333. The first-order valence-corrected chi connectivity index (χ1v) is 7.99. The number of aromatic nitrogens is 3. The number of hydrogen-bond acceptors (Lipinski definition) is 7. The van der Waals surface area contributed by atoms with Gasteiger partial charge < -0.3 is 25.8 Å². The lowest BCUT2D eigenvalue weighted by Gasteiger charge is -2.28. The Morgan fingerprint density at radius 2 is 2.27 bits per heavy atom. The third-order valence-corrected chi connectivity index (χ3v) is 4.21. The molecule has 1 amide bonds. The van der Waals surface area contributed by atoms with Crippen molar-refractivity contribution in [2.24, 2.45) is 5.73 Å². The number of amides is 1. The van der Waals surface area contributed by atoms with Crippen molar-refractivity contribution in [1.82, 2.24) is 20.3 Å². The van der Waals surface area contributed by atoms with E-state index in [4.69, 9.17) is 10.4 Å². The molecular weight excluding hydrogens is 341 g/mol. The number of carboxylic acid groups (broad SMARTS) is 1. The Bertz CT molecular complexity index is 855. The Labute approximate surface area is 149 Å². The number of para-hydroxylation sites is 1. The maximum absolute atomic E-state index is 12.3. The van der Waals surface area contributed by atoms with Crippen LogP contribution in [-0.4, -0.2) is 50.1 Å². The number of rotatable bonds is 5. The number of aromatic carboxylic acids is 1. The van der Waals surface area contributed by atoms with E-state index in [-0.39, 0.29) is 30.8 Å². The maximum atomic E-state index is 12.3. The second-order valence-electron chi connectivity index (χ2n) is 5.97. The topological polar surface area (TPSA) is 153 Å². The van der Waals surface area contributed by atoms with Crippen LogP contribution >= 0.6 is 0 Å². The number of nitrogens with two attached hydrogens (primary N) is 1. The van der Waals surface area contributed by atoms with Gasteiger partial charge >= 0.3 is 13.1 Å². The third kappa shape index (κ3) is 3.39. The number of aryl methyl sites for hydroxylation is 1. The zero-order chi connectivity index (χ0) is 18.8. The van der Waals surface area contributed by atoms with Crippen LogP contribution in [0.15, 0.2) is 18.2 Å². The van der Waals surface area contributed by atoms with Crippen molar-refractivity contribution >= 4 is 19.0 Å². The van der Waals surface area contributed by atoms with Crippen LogP contribution in [0.1, 0.15) is 27.3 Å². The van der Waals surface area contributed by atoms with Gasteiger partial charge in [0.05, 0.1) is 22.9 Å². The van der Waals surface area contributed by atoms with Crippen LogP contribution in [0, 0.1) is 6.92 Å². The normalized spacial score (nSPS) is 16.0. The minimum atomic E-state index is -1.36. The molecular formula is C15H18BN5O5. The standard InChI is InChI=1S/C15H18BN5O5/c1-8-11(6-17)21(20-19-8)7-13(22)18-12-5-9-3-2-4-10(15(23)24)14(9)26-16(12)25/h2-4,12,25H,5-7,17H2,1H3,(H,18,22)(H,23,24)/t12-/m0/s1. The monoisotopic (exact) mass is 359 g/mol. The van der Waals surface area contributed by atoms with Crippen LogP contribution in [0.4, 0.5) is 0 Å². The number of carbonyl (C=O) groups is 2. The van der Waals surface area contributed by atoms with Gasteiger partial charge in [0.25, 0.3) is 0 Å². The molecule has 1 aromatic carbocycles. The van der Waals surface area contributed by atoms with Crippen LogP contribution in [-0.2, 0) is 24.3 Å². The van der Waals surface area contributed by atoms with Gasteiger partial charge in [-0.1, -0.05) is 17.3 Å². The first-order chi connectivity index (χ1) is 12.4. The van der Waals surface area contributed by atoms with Crippen LogP contribution in [0.3, 0.4) is 0 Å². The number of benzene rings is 1. The molecule has 11 heteroatoms. The second kappa shape index (κ2) is 7.14. The Hall–Kier alpha value is -2.92. The van der Waals surface area contributed by atoms with Crippen LogP contribution < -0.4 is 15.7 Å². The molecule has 0 aliphatic carbocycles. The highest BCUT2D eigenvalue weighted by Crippen LogP contribution is 2.30. The SMILES string of the molecule is Cc1nnn(CC(=O)N[C@H]2Cc3cccc(C(=O)O)c3OB2O)c1CN. The molecule has 0 bridgehead atoms. The van der Waals surface area contributed by atoms with Crippen LogP contribution in [0.5, 0.6) is 5.75 Å². The largest absolute Gasteiger partial charge is 0.547 e. The van der Waals surface area contributed by atoms with Crippen LogP contribution in [0.25, 0.3) is 0 Å². The van der Waals surface area contributed by atoms with Gasteiger partial charge in [0.15, 0.2) is 0 Å². The van der Waals surface area contributed by atoms with Crippen molar-refractivity contribution in [1.29, 1.82) is 0 Å². The molecule has 1 aliphatic rings. The van der Waals surface area contributed by atoms with Gasteiger partial charge in [0.1, 0.15) is 12.3 Å². The molecule has 0 spiro atoms. The van der Waals surface area contributed by atoms with E-state index in [0.29, 0.717) is 17.0 Å². The predicted molar refractivity (Wildman–Crippen MR) is 90.3 cm³/mol. The summed E-state index contributed by atoms with van der Waals surface area (Å²) in [6.07, 6.45) is 0.240. The Morgan fingerprint density at radius 3 is 2.96 bits per heavy atom. The number of nitrogens with zero attached hydrogens (tertiary/aromatic N) is 3. The van der Waals surface area contributed by atoms with Gasteiger partial charge in [-0.05, 0) is 25.0 Å². The smallest absolute Gasteiger partial charge is 0.534 e. The van der Waals surface area contributed by atoms with Gasteiger partial charge in [-0.2, -0.15) is 0 Å². The van der Waals surface area contributed by atoms with Gasteiger partial charge in [-0.15, -0.1) is 5.10 Å². The number of nitrogens with one attached hydrogen (secondary N) is 1. The highest BCUT2D eigenvalue weighted by molar-refractivity contribution is 6.47. The lowest BCUT2D eigenvalue weighted by Crippen LogP contribution is -2.53. The third-order valence-electron chi connectivity index (χ3n) is 4.21. The molecule has 10 nitrogen and oxygen atoms in total. The molecule has 26 heavy (non-hydrogen) atoms. The van der Waals surface area contributed by atoms with Crippen molar-refractivity contribution in [2.45, 2.75) is 32.4 Å². The number of fused-ring (bicyclic) bond motifs is 1. The zero-order valence-corrected chi connectivity index (χ0v) is 14.0. The lowest BCUT2D eigenvalue weighted by molar-refractivity contribution is -0.122. The molecule has 0 unspecified atom stereocenters.